The van der Waals surface area contributed by atoms with E-state index in [0.717, 1.165) is 33.3 Å². The van der Waals surface area contributed by atoms with Gasteiger partial charge in [-0.2, -0.15) is 4.31 Å². The Morgan fingerprint density at radius 1 is 1.16 bits per heavy atom. The number of aromatic nitrogens is 1. The monoisotopic (exact) mass is 494 g/mol. The number of hydrogen-bond donors (Lipinski definition) is 1. The number of fused-ring (bicyclic) bond motifs is 1. The Hall–Kier alpha value is -2.05. The molecular weight excluding hydrogens is 468 g/mol. The highest BCUT2D eigenvalue weighted by molar-refractivity contribution is 7.89. The SMILES string of the molecule is CCN(CC)c1nc2sc(C(=O)NCc3ccc(S(=O)(=O)N4CCOCC4)cc3)cc2s1. The molecule has 0 unspecified atom stereocenters. The summed E-state index contributed by atoms with van der Waals surface area (Å²) >= 11 is 2.99. The van der Waals surface area contributed by atoms with Crippen molar-refractivity contribution in [3.63, 3.8) is 0 Å². The molecular formula is C21H26N4O4S3. The number of amides is 1. The molecule has 1 saturated heterocycles. The van der Waals surface area contributed by atoms with Crippen molar-refractivity contribution in [2.75, 3.05) is 44.3 Å². The van der Waals surface area contributed by atoms with Crippen molar-refractivity contribution >= 4 is 53.3 Å². The van der Waals surface area contributed by atoms with Crippen LogP contribution in [0.4, 0.5) is 5.13 Å². The summed E-state index contributed by atoms with van der Waals surface area (Å²) in [5.74, 6) is -0.158. The molecule has 172 valence electrons. The highest BCUT2D eigenvalue weighted by Crippen LogP contribution is 2.34. The fourth-order valence-electron chi connectivity index (χ4n) is 3.45. The number of nitrogens with one attached hydrogen (secondary N) is 1. The van der Waals surface area contributed by atoms with E-state index in [2.05, 4.69) is 29.0 Å². The van der Waals surface area contributed by atoms with Crippen LogP contribution in [0.2, 0.25) is 0 Å². The fraction of sp³-hybridized carbons (Fsp3) is 0.429. The highest BCUT2D eigenvalue weighted by Gasteiger charge is 2.26. The lowest BCUT2D eigenvalue weighted by Crippen LogP contribution is -2.40. The van der Waals surface area contributed by atoms with Crippen LogP contribution in [0, 0.1) is 0 Å². The molecule has 1 aliphatic heterocycles. The molecule has 0 radical (unpaired) electrons. The Bertz CT molecular complexity index is 1150. The molecule has 3 aromatic rings. The molecule has 1 fully saturated rings. The molecule has 8 nitrogen and oxygen atoms in total. The van der Waals surface area contributed by atoms with Gasteiger partial charge in [0, 0.05) is 32.7 Å². The van der Waals surface area contributed by atoms with E-state index < -0.39 is 10.0 Å². The quantitative estimate of drug-likeness (QED) is 0.517. The standard InChI is InChI=1S/C21H26N4O4S3/c1-3-24(4-2)21-23-20-18(31-21)13-17(30-20)19(26)22-14-15-5-7-16(8-6-15)32(27,28)25-9-11-29-12-10-25/h5-8,13H,3-4,9-12,14H2,1-2H3,(H,22,26). The van der Waals surface area contributed by atoms with Gasteiger partial charge in [-0.05, 0) is 37.6 Å². The van der Waals surface area contributed by atoms with Gasteiger partial charge in [0.25, 0.3) is 5.91 Å². The zero-order valence-corrected chi connectivity index (χ0v) is 20.5. The second-order valence-electron chi connectivity index (χ2n) is 7.29. The number of nitrogens with zero attached hydrogens (tertiary/aromatic N) is 3. The summed E-state index contributed by atoms with van der Waals surface area (Å²) in [4.78, 5) is 21.2. The summed E-state index contributed by atoms with van der Waals surface area (Å²) in [5, 5.41) is 3.89. The van der Waals surface area contributed by atoms with Crippen LogP contribution < -0.4 is 10.2 Å². The van der Waals surface area contributed by atoms with E-state index in [1.807, 2.05) is 6.07 Å². The molecule has 0 spiro atoms. The summed E-state index contributed by atoms with van der Waals surface area (Å²) in [6.45, 7) is 7.87. The molecule has 0 bridgehead atoms. The van der Waals surface area contributed by atoms with E-state index >= 15 is 0 Å². The predicted molar refractivity (Wildman–Crippen MR) is 128 cm³/mol. The number of rotatable bonds is 8. The Morgan fingerprint density at radius 2 is 1.84 bits per heavy atom. The zero-order chi connectivity index (χ0) is 22.7. The third kappa shape index (κ3) is 4.81. The number of ether oxygens (including phenoxy) is 1. The number of carbonyl (C=O) groups is 1. The van der Waals surface area contributed by atoms with Crippen LogP contribution in [-0.2, 0) is 21.3 Å². The van der Waals surface area contributed by atoms with Gasteiger partial charge >= 0.3 is 0 Å². The van der Waals surface area contributed by atoms with Crippen molar-refractivity contribution in [2.45, 2.75) is 25.3 Å². The number of morpholine rings is 1. The molecule has 3 heterocycles. The second kappa shape index (κ2) is 9.84. The predicted octanol–water partition coefficient (Wildman–Crippen LogP) is 3.15. The van der Waals surface area contributed by atoms with Crippen LogP contribution in [0.3, 0.4) is 0 Å². The van der Waals surface area contributed by atoms with Gasteiger partial charge in [0.05, 0.1) is 27.7 Å². The average Bonchev–Trinajstić information content (AvgIpc) is 3.39. The van der Waals surface area contributed by atoms with Crippen molar-refractivity contribution < 1.29 is 17.9 Å². The van der Waals surface area contributed by atoms with Gasteiger partial charge in [0.1, 0.15) is 4.83 Å². The van der Waals surface area contributed by atoms with E-state index in [9.17, 15) is 13.2 Å². The van der Waals surface area contributed by atoms with E-state index in [1.54, 1.807) is 35.6 Å². The number of sulfonamides is 1. The smallest absolute Gasteiger partial charge is 0.261 e. The molecule has 1 N–H and O–H groups in total. The van der Waals surface area contributed by atoms with E-state index in [1.165, 1.54) is 15.6 Å². The maximum absolute atomic E-state index is 12.7. The zero-order valence-electron chi connectivity index (χ0n) is 18.0. The van der Waals surface area contributed by atoms with Crippen LogP contribution in [0.25, 0.3) is 9.53 Å². The van der Waals surface area contributed by atoms with Gasteiger partial charge in [-0.3, -0.25) is 4.79 Å². The number of anilines is 1. The Morgan fingerprint density at radius 3 is 2.47 bits per heavy atom. The largest absolute Gasteiger partial charge is 0.379 e. The third-order valence-corrected chi connectivity index (χ3v) is 9.45. The highest BCUT2D eigenvalue weighted by atomic mass is 32.2. The lowest BCUT2D eigenvalue weighted by Gasteiger charge is -2.26. The molecule has 0 saturated carbocycles. The summed E-state index contributed by atoms with van der Waals surface area (Å²) in [5.41, 5.74) is 0.833. The molecule has 4 rings (SSSR count). The second-order valence-corrected chi connectivity index (χ2v) is 11.3. The van der Waals surface area contributed by atoms with Gasteiger partial charge < -0.3 is 15.0 Å². The lowest BCUT2D eigenvalue weighted by atomic mass is 10.2. The first-order valence-corrected chi connectivity index (χ1v) is 13.6. The average molecular weight is 495 g/mol. The summed E-state index contributed by atoms with van der Waals surface area (Å²) < 4.78 is 33.1. The van der Waals surface area contributed by atoms with Crippen molar-refractivity contribution in [3.8, 4) is 0 Å². The molecule has 32 heavy (non-hydrogen) atoms. The minimum absolute atomic E-state index is 0.158. The maximum atomic E-state index is 12.7. The van der Waals surface area contributed by atoms with E-state index in [4.69, 9.17) is 4.74 Å². The Balaban J connectivity index is 1.38. The van der Waals surface area contributed by atoms with Gasteiger partial charge in [0.15, 0.2) is 5.13 Å². The normalized spacial score (nSPS) is 15.2. The fourth-order valence-corrected chi connectivity index (χ4v) is 7.11. The summed E-state index contributed by atoms with van der Waals surface area (Å²) in [6, 6.07) is 8.53. The van der Waals surface area contributed by atoms with Crippen molar-refractivity contribution in [2.24, 2.45) is 0 Å². The molecule has 1 aliphatic rings. The Kier molecular flexibility index (Phi) is 7.11. The van der Waals surface area contributed by atoms with Crippen LogP contribution >= 0.6 is 22.7 Å². The number of hydrogen-bond acceptors (Lipinski definition) is 8. The summed E-state index contributed by atoms with van der Waals surface area (Å²) in [6.07, 6.45) is 0. The lowest BCUT2D eigenvalue weighted by molar-refractivity contribution is 0.0730. The van der Waals surface area contributed by atoms with Gasteiger partial charge in [-0.1, -0.05) is 23.5 Å². The maximum Gasteiger partial charge on any atom is 0.261 e. The van der Waals surface area contributed by atoms with Crippen molar-refractivity contribution in [1.82, 2.24) is 14.6 Å². The molecule has 1 aromatic carbocycles. The van der Waals surface area contributed by atoms with Gasteiger partial charge in [0.2, 0.25) is 10.0 Å². The van der Waals surface area contributed by atoms with Crippen LogP contribution in [-0.4, -0.2) is 63.0 Å². The van der Waals surface area contributed by atoms with Crippen molar-refractivity contribution in [1.29, 1.82) is 0 Å². The molecule has 0 atom stereocenters. The van der Waals surface area contributed by atoms with Crippen molar-refractivity contribution in [3.05, 3.63) is 40.8 Å². The van der Waals surface area contributed by atoms with Crippen LogP contribution in [0.15, 0.2) is 35.2 Å². The number of benzene rings is 1. The van der Waals surface area contributed by atoms with Crippen LogP contribution in [0.5, 0.6) is 0 Å². The third-order valence-electron chi connectivity index (χ3n) is 5.32. The van der Waals surface area contributed by atoms with E-state index in [-0.39, 0.29) is 10.8 Å². The van der Waals surface area contributed by atoms with Gasteiger partial charge in [-0.25, -0.2) is 13.4 Å². The van der Waals surface area contributed by atoms with E-state index in [0.29, 0.717) is 37.7 Å². The summed E-state index contributed by atoms with van der Waals surface area (Å²) in [7, 11) is -3.52. The number of carbonyl (C=O) groups excluding carboxylic acids is 1. The first kappa shape index (κ1) is 23.1. The first-order valence-electron chi connectivity index (χ1n) is 10.5. The van der Waals surface area contributed by atoms with Crippen LogP contribution in [0.1, 0.15) is 29.1 Å². The molecule has 2 aromatic heterocycles. The van der Waals surface area contributed by atoms with Gasteiger partial charge in [-0.15, -0.1) is 11.3 Å². The number of thiazole rings is 1. The first-order chi connectivity index (χ1) is 15.4. The molecule has 11 heteroatoms. The molecule has 0 aliphatic carbocycles. The Labute approximate surface area is 195 Å². The molecule has 1 amide bonds. The topological polar surface area (TPSA) is 91.8 Å². The minimum Gasteiger partial charge on any atom is -0.379 e. The minimum atomic E-state index is -3.52. The number of thiophene rings is 1.